The molecule has 0 saturated carbocycles. The van der Waals surface area contributed by atoms with Gasteiger partial charge >= 0.3 is 5.97 Å². The largest absolute Gasteiger partial charge is 0.463 e. The molecular formula is C50H100O18. The Hall–Kier alpha value is -1.17. The summed E-state index contributed by atoms with van der Waals surface area (Å²) >= 11 is 0. The van der Waals surface area contributed by atoms with Crippen LogP contribution in [0.2, 0.25) is 0 Å². The summed E-state index contributed by atoms with van der Waals surface area (Å²) in [5.74, 6) is -0.497. The summed E-state index contributed by atoms with van der Waals surface area (Å²) in [5, 5.41) is 17.8. The minimum absolute atomic E-state index is 0.0645. The van der Waals surface area contributed by atoms with E-state index >= 15 is 0 Å². The van der Waals surface area contributed by atoms with Crippen LogP contribution in [0.4, 0.5) is 0 Å². The van der Waals surface area contributed by atoms with Crippen LogP contribution in [-0.4, -0.2) is 220 Å². The Labute approximate surface area is 411 Å². The molecule has 0 fully saturated rings. The van der Waals surface area contributed by atoms with Crippen LogP contribution >= 0.6 is 0 Å². The van der Waals surface area contributed by atoms with Gasteiger partial charge in [0.1, 0.15) is 12.7 Å². The molecular weight excluding hydrogens is 889 g/mol. The average Bonchev–Trinajstić information content (AvgIpc) is 3.35. The molecule has 0 aliphatic rings. The molecule has 0 aliphatic heterocycles. The first kappa shape index (κ1) is 66.8. The lowest BCUT2D eigenvalue weighted by Gasteiger charge is -2.09. The molecule has 0 spiro atoms. The predicted octanol–water partition coefficient (Wildman–Crippen LogP) is 5.77. The summed E-state index contributed by atoms with van der Waals surface area (Å²) in [6.07, 6.45) is 21.1. The van der Waals surface area contributed by atoms with Gasteiger partial charge in [-0.15, -0.1) is 0 Å². The fourth-order valence-corrected chi connectivity index (χ4v) is 6.18. The first-order valence-corrected chi connectivity index (χ1v) is 26.2. The number of carbonyl (C=O) groups is 1. The number of hydrogen-bond acceptors (Lipinski definition) is 18. The molecule has 0 aromatic carbocycles. The Morgan fingerprint density at radius 3 is 0.750 bits per heavy atom. The molecule has 1 unspecified atom stereocenters. The maximum Gasteiger partial charge on any atom is 0.308 e. The molecule has 0 amide bonds. The van der Waals surface area contributed by atoms with Gasteiger partial charge in [0.2, 0.25) is 0 Å². The molecule has 0 aromatic heterocycles. The highest BCUT2D eigenvalue weighted by molar-refractivity contribution is 5.69. The topological polar surface area (TPSA) is 196 Å². The summed E-state index contributed by atoms with van der Waals surface area (Å²) in [6, 6.07) is 0. The summed E-state index contributed by atoms with van der Waals surface area (Å²) in [5.41, 5.74) is 0. The Kier molecular flexibility index (Phi) is 60.9. The Morgan fingerprint density at radius 2 is 0.515 bits per heavy atom. The van der Waals surface area contributed by atoms with E-state index in [1.165, 1.54) is 96.3 Å². The molecule has 0 aromatic rings. The zero-order chi connectivity index (χ0) is 49.0. The number of ether oxygens (including phenoxy) is 15. The number of hydrogen-bond donors (Lipinski definition) is 2. The molecule has 0 heterocycles. The minimum Gasteiger partial charge on any atom is -0.463 e. The predicted molar refractivity (Wildman–Crippen MR) is 260 cm³/mol. The van der Waals surface area contributed by atoms with Gasteiger partial charge in [-0.05, 0) is 6.42 Å². The van der Waals surface area contributed by atoms with Gasteiger partial charge < -0.3 is 81.3 Å². The summed E-state index contributed by atoms with van der Waals surface area (Å²) < 4.78 is 81.8. The van der Waals surface area contributed by atoms with E-state index in [2.05, 4.69) is 6.92 Å². The van der Waals surface area contributed by atoms with Crippen LogP contribution in [0.5, 0.6) is 0 Å². The maximum absolute atomic E-state index is 11.4. The summed E-state index contributed by atoms with van der Waals surface area (Å²) in [7, 11) is 0. The lowest BCUT2D eigenvalue weighted by molar-refractivity contribution is -0.148. The zero-order valence-electron chi connectivity index (χ0n) is 42.7. The van der Waals surface area contributed by atoms with Crippen molar-refractivity contribution in [1.82, 2.24) is 0 Å². The van der Waals surface area contributed by atoms with Gasteiger partial charge in [-0.3, -0.25) is 4.79 Å². The van der Waals surface area contributed by atoms with Gasteiger partial charge in [-0.2, -0.15) is 0 Å². The SMILES string of the molecule is CCCCCCCCCCCCCCCCCCOCCOCCOCCOCCOCCOCCOCCOCCOCCOCCOCCOCCOCCOCCC(=O)OCC(O)CO. The van der Waals surface area contributed by atoms with E-state index in [1.807, 2.05) is 0 Å². The zero-order valence-corrected chi connectivity index (χ0v) is 42.7. The lowest BCUT2D eigenvalue weighted by atomic mass is 10.0. The minimum atomic E-state index is -1.06. The van der Waals surface area contributed by atoms with Crippen molar-refractivity contribution in [1.29, 1.82) is 0 Å². The van der Waals surface area contributed by atoms with Gasteiger partial charge in [0.25, 0.3) is 0 Å². The molecule has 18 nitrogen and oxygen atoms in total. The molecule has 0 aliphatic carbocycles. The van der Waals surface area contributed by atoms with Crippen molar-refractivity contribution < 1.29 is 86.1 Å². The Balaban J connectivity index is 3.09. The van der Waals surface area contributed by atoms with Crippen LogP contribution < -0.4 is 0 Å². The van der Waals surface area contributed by atoms with Gasteiger partial charge in [0.05, 0.1) is 191 Å². The van der Waals surface area contributed by atoms with Crippen molar-refractivity contribution in [3.05, 3.63) is 0 Å². The molecule has 1 atom stereocenters. The highest BCUT2D eigenvalue weighted by atomic mass is 16.6. The third kappa shape index (κ3) is 61.0. The van der Waals surface area contributed by atoms with Gasteiger partial charge in [0, 0.05) is 6.61 Å². The van der Waals surface area contributed by atoms with Crippen LogP contribution in [0.15, 0.2) is 0 Å². The number of rotatable bonds is 62. The van der Waals surface area contributed by atoms with Gasteiger partial charge in [0.15, 0.2) is 0 Å². The van der Waals surface area contributed by atoms with Crippen LogP contribution in [-0.2, 0) is 75.8 Å². The first-order chi connectivity index (χ1) is 33.7. The van der Waals surface area contributed by atoms with E-state index < -0.39 is 18.7 Å². The standard InChI is InChI=1S/C50H100O18/c1-2-3-4-5-6-7-8-9-10-11-12-13-14-15-16-17-19-54-21-23-56-25-27-58-29-31-60-33-35-62-37-39-64-41-43-66-45-46-67-44-42-65-40-38-63-36-34-61-32-30-59-28-26-57-24-22-55-20-18-50(53)68-48-49(52)47-51/h49,51-52H,2-48H2,1H3. The van der Waals surface area contributed by atoms with E-state index in [4.69, 9.17) is 81.3 Å². The monoisotopic (exact) mass is 989 g/mol. The summed E-state index contributed by atoms with van der Waals surface area (Å²) in [6.45, 7) is 15.4. The number of esters is 1. The van der Waals surface area contributed by atoms with Crippen LogP contribution in [0.3, 0.4) is 0 Å². The quantitative estimate of drug-likeness (QED) is 0.0550. The van der Waals surface area contributed by atoms with Crippen molar-refractivity contribution in [2.45, 2.75) is 122 Å². The fourth-order valence-electron chi connectivity index (χ4n) is 6.18. The number of aliphatic hydroxyl groups is 2. The van der Waals surface area contributed by atoms with E-state index in [0.717, 1.165) is 13.0 Å². The molecule has 0 radical (unpaired) electrons. The molecule has 18 heteroatoms. The van der Waals surface area contributed by atoms with E-state index in [0.29, 0.717) is 172 Å². The third-order valence-corrected chi connectivity index (χ3v) is 10.1. The van der Waals surface area contributed by atoms with Crippen molar-refractivity contribution >= 4 is 5.97 Å². The van der Waals surface area contributed by atoms with E-state index in [9.17, 15) is 4.79 Å². The molecule has 0 saturated heterocycles. The second-order valence-corrected chi connectivity index (χ2v) is 16.1. The number of aliphatic hydroxyl groups excluding tert-OH is 2. The Bertz CT molecular complexity index is 926. The smallest absolute Gasteiger partial charge is 0.308 e. The molecule has 408 valence electrons. The van der Waals surface area contributed by atoms with Gasteiger partial charge in [-0.25, -0.2) is 0 Å². The Morgan fingerprint density at radius 1 is 0.309 bits per heavy atom. The highest BCUT2D eigenvalue weighted by Gasteiger charge is 2.08. The summed E-state index contributed by atoms with van der Waals surface area (Å²) in [4.78, 5) is 11.4. The van der Waals surface area contributed by atoms with Gasteiger partial charge in [-0.1, -0.05) is 103 Å². The van der Waals surface area contributed by atoms with Crippen molar-refractivity contribution in [2.75, 3.05) is 198 Å². The van der Waals surface area contributed by atoms with Crippen LogP contribution in [0.1, 0.15) is 116 Å². The average molecular weight is 989 g/mol. The normalized spacial score (nSPS) is 12.1. The van der Waals surface area contributed by atoms with Crippen LogP contribution in [0.25, 0.3) is 0 Å². The van der Waals surface area contributed by atoms with Crippen LogP contribution in [0, 0.1) is 0 Å². The lowest BCUT2D eigenvalue weighted by Crippen LogP contribution is -2.22. The molecule has 0 bridgehead atoms. The highest BCUT2D eigenvalue weighted by Crippen LogP contribution is 2.13. The second kappa shape index (κ2) is 61.9. The number of carbonyl (C=O) groups excluding carboxylic acids is 1. The fraction of sp³-hybridized carbons (Fsp3) is 0.980. The maximum atomic E-state index is 11.4. The van der Waals surface area contributed by atoms with Crippen molar-refractivity contribution in [3.8, 4) is 0 Å². The van der Waals surface area contributed by atoms with Crippen molar-refractivity contribution in [2.24, 2.45) is 0 Å². The molecule has 2 N–H and O–H groups in total. The number of unbranched alkanes of at least 4 members (excludes halogenated alkanes) is 15. The second-order valence-electron chi connectivity index (χ2n) is 16.1. The van der Waals surface area contributed by atoms with E-state index in [-0.39, 0.29) is 19.6 Å². The molecule has 68 heavy (non-hydrogen) atoms. The van der Waals surface area contributed by atoms with E-state index in [1.54, 1.807) is 0 Å². The van der Waals surface area contributed by atoms with Crippen molar-refractivity contribution in [3.63, 3.8) is 0 Å². The third-order valence-electron chi connectivity index (χ3n) is 10.1. The molecule has 0 rings (SSSR count). The first-order valence-electron chi connectivity index (χ1n) is 26.2.